The van der Waals surface area contributed by atoms with E-state index in [2.05, 4.69) is 30.6 Å². The van der Waals surface area contributed by atoms with Gasteiger partial charge >= 0.3 is 12.2 Å². The average Bonchev–Trinajstić information content (AvgIpc) is 4.07. The second kappa shape index (κ2) is 17.0. The van der Waals surface area contributed by atoms with Crippen LogP contribution in [0.15, 0.2) is 61.1 Å². The number of ether oxygens (including phenoxy) is 2. The van der Waals surface area contributed by atoms with Gasteiger partial charge in [-0.1, -0.05) is 58.0 Å². The van der Waals surface area contributed by atoms with Crippen molar-refractivity contribution < 1.29 is 28.7 Å². The van der Waals surface area contributed by atoms with Gasteiger partial charge in [0.15, 0.2) is 5.65 Å². The van der Waals surface area contributed by atoms with Crippen molar-refractivity contribution in [2.75, 3.05) is 27.3 Å². The monoisotopic (exact) mass is 790 g/mol. The number of rotatable bonds is 11. The lowest BCUT2D eigenvalue weighted by atomic mass is 10.0. The molecule has 4 N–H and O–H groups in total. The number of pyridine rings is 2. The molecule has 4 amide bonds. The van der Waals surface area contributed by atoms with Gasteiger partial charge < -0.3 is 39.9 Å². The summed E-state index contributed by atoms with van der Waals surface area (Å²) >= 11 is 0. The quantitative estimate of drug-likeness (QED) is 0.120. The third kappa shape index (κ3) is 8.22. The second-order valence-corrected chi connectivity index (χ2v) is 15.5. The zero-order chi connectivity index (χ0) is 41.1. The molecule has 4 unspecified atom stereocenters. The highest BCUT2D eigenvalue weighted by Crippen LogP contribution is 2.35. The molecule has 4 atom stereocenters. The molecule has 2 aliphatic heterocycles. The normalized spacial score (nSPS) is 17.8. The molecule has 58 heavy (non-hydrogen) atoms. The summed E-state index contributed by atoms with van der Waals surface area (Å²) in [6, 6.07) is 12.1. The summed E-state index contributed by atoms with van der Waals surface area (Å²) in [4.78, 5) is 80.3. The summed E-state index contributed by atoms with van der Waals surface area (Å²) in [7, 11) is 2.57. The molecular weight excluding hydrogens is 741 g/mol. The Labute approximate surface area is 336 Å². The number of aromatic amines is 2. The van der Waals surface area contributed by atoms with Crippen molar-refractivity contribution in [3.05, 3.63) is 72.7 Å². The topological polar surface area (TPSA) is 200 Å². The summed E-state index contributed by atoms with van der Waals surface area (Å²) in [5.41, 5.74) is 6.62. The van der Waals surface area contributed by atoms with Crippen LogP contribution in [-0.4, -0.2) is 103 Å². The molecule has 0 bridgehead atoms. The van der Waals surface area contributed by atoms with Crippen LogP contribution < -0.4 is 10.6 Å². The fourth-order valence-corrected chi connectivity index (χ4v) is 7.83. The van der Waals surface area contributed by atoms with Crippen molar-refractivity contribution in [2.24, 2.45) is 11.8 Å². The van der Waals surface area contributed by atoms with Crippen molar-refractivity contribution in [3.8, 4) is 33.6 Å². The molecule has 304 valence electrons. The van der Waals surface area contributed by atoms with Gasteiger partial charge in [0.1, 0.15) is 23.7 Å². The first-order valence-corrected chi connectivity index (χ1v) is 19.7. The van der Waals surface area contributed by atoms with Crippen LogP contribution in [0.3, 0.4) is 0 Å². The molecule has 0 aliphatic carbocycles. The lowest BCUT2D eigenvalue weighted by Crippen LogP contribution is -2.51. The molecule has 4 aromatic heterocycles. The second-order valence-electron chi connectivity index (χ2n) is 15.5. The first kappa shape index (κ1) is 39.9. The number of hydrogen-bond donors (Lipinski definition) is 4. The zero-order valence-electron chi connectivity index (χ0n) is 33.6. The molecule has 2 saturated heterocycles. The van der Waals surface area contributed by atoms with E-state index in [4.69, 9.17) is 19.4 Å². The molecule has 2 fully saturated rings. The molecule has 16 nitrogen and oxygen atoms in total. The number of carbonyl (C=O) groups is 4. The summed E-state index contributed by atoms with van der Waals surface area (Å²) in [6.45, 7) is 8.72. The minimum absolute atomic E-state index is 0.111. The van der Waals surface area contributed by atoms with Gasteiger partial charge in [0.2, 0.25) is 11.8 Å². The Balaban J connectivity index is 1.02. The van der Waals surface area contributed by atoms with Gasteiger partial charge in [-0.3, -0.25) is 14.6 Å². The van der Waals surface area contributed by atoms with E-state index < -0.39 is 24.3 Å². The molecule has 7 rings (SSSR count). The Kier molecular flexibility index (Phi) is 11.7. The molecule has 0 spiro atoms. The maximum atomic E-state index is 13.6. The maximum Gasteiger partial charge on any atom is 0.407 e. The van der Waals surface area contributed by atoms with Crippen LogP contribution in [0, 0.1) is 11.8 Å². The Morgan fingerprint density at radius 2 is 1.22 bits per heavy atom. The van der Waals surface area contributed by atoms with E-state index in [9.17, 15) is 19.2 Å². The highest BCUT2D eigenvalue weighted by molar-refractivity contribution is 5.87. The third-order valence-electron chi connectivity index (χ3n) is 11.0. The van der Waals surface area contributed by atoms with E-state index >= 15 is 0 Å². The molecule has 16 heteroatoms. The van der Waals surface area contributed by atoms with Gasteiger partial charge in [0, 0.05) is 42.2 Å². The highest BCUT2D eigenvalue weighted by Gasteiger charge is 2.39. The fourth-order valence-electron chi connectivity index (χ4n) is 7.83. The Hall–Kier alpha value is -6.32. The molecule has 5 aromatic rings. The van der Waals surface area contributed by atoms with E-state index in [0.717, 1.165) is 64.8 Å². The number of alkyl carbamates (subject to hydrolysis) is 2. The number of likely N-dealkylation sites (tertiary alicyclic amines) is 2. The summed E-state index contributed by atoms with van der Waals surface area (Å²) in [5, 5.41) is 5.38. The Morgan fingerprint density at radius 3 is 1.78 bits per heavy atom. The first-order valence-electron chi connectivity index (χ1n) is 19.7. The fraction of sp³-hybridized carbons (Fsp3) is 0.429. The van der Waals surface area contributed by atoms with Crippen LogP contribution in [0.25, 0.3) is 44.8 Å². The number of fused-ring (bicyclic) bond motifs is 1. The minimum Gasteiger partial charge on any atom is -0.453 e. The average molecular weight is 791 g/mol. The Morgan fingerprint density at radius 1 is 0.672 bits per heavy atom. The van der Waals surface area contributed by atoms with Gasteiger partial charge in [-0.25, -0.2) is 24.5 Å². The van der Waals surface area contributed by atoms with Crippen molar-refractivity contribution >= 4 is 35.2 Å². The Bertz CT molecular complexity index is 2270. The largest absolute Gasteiger partial charge is 0.453 e. The van der Waals surface area contributed by atoms with E-state index in [-0.39, 0.29) is 35.7 Å². The van der Waals surface area contributed by atoms with E-state index in [0.29, 0.717) is 30.4 Å². The molecule has 6 heterocycles. The third-order valence-corrected chi connectivity index (χ3v) is 11.0. The van der Waals surface area contributed by atoms with Crippen molar-refractivity contribution in [2.45, 2.75) is 77.5 Å². The van der Waals surface area contributed by atoms with Crippen molar-refractivity contribution in [1.82, 2.24) is 50.3 Å². The molecule has 1 aromatic carbocycles. The van der Waals surface area contributed by atoms with E-state index in [1.54, 1.807) is 22.2 Å². The predicted octanol–water partition coefficient (Wildman–Crippen LogP) is 6.17. The zero-order valence-corrected chi connectivity index (χ0v) is 33.6. The van der Waals surface area contributed by atoms with E-state index in [1.807, 2.05) is 76.4 Å². The molecule has 2 aliphatic rings. The summed E-state index contributed by atoms with van der Waals surface area (Å²) in [5.74, 6) is 0.824. The van der Waals surface area contributed by atoms with Gasteiger partial charge in [0.05, 0.1) is 49.4 Å². The molecular formula is C42H50N10O6. The lowest BCUT2D eigenvalue weighted by Gasteiger charge is -2.30. The number of carbonyl (C=O) groups excluding carboxylic acids is 4. The van der Waals surface area contributed by atoms with Gasteiger partial charge in [-0.05, 0) is 55.2 Å². The summed E-state index contributed by atoms with van der Waals surface area (Å²) in [6.07, 6.45) is 7.29. The number of nitrogens with zero attached hydrogens (tertiary/aromatic N) is 6. The first-order chi connectivity index (χ1) is 27.9. The number of hydrogen-bond acceptors (Lipinski definition) is 10. The SMILES string of the molecule is COC(=O)NC(C(=O)N1CCCC1c1ncc(-c2ccc(-c3ccc(-c4cnc5nc(C6CCCN6C(=O)C(NC(=O)OC)C(C)C)[nH]c5c4)cn3)cc2)[nH]1)C(C)C. The van der Waals surface area contributed by atoms with Gasteiger partial charge in [0.25, 0.3) is 0 Å². The van der Waals surface area contributed by atoms with Crippen LogP contribution in [0.1, 0.15) is 77.1 Å². The highest BCUT2D eigenvalue weighted by atomic mass is 16.5. The lowest BCUT2D eigenvalue weighted by molar-refractivity contribution is -0.136. The number of nitrogens with one attached hydrogen (secondary N) is 4. The van der Waals surface area contributed by atoms with Crippen LogP contribution >= 0.6 is 0 Å². The molecule has 0 radical (unpaired) electrons. The summed E-state index contributed by atoms with van der Waals surface area (Å²) < 4.78 is 9.51. The smallest absolute Gasteiger partial charge is 0.407 e. The van der Waals surface area contributed by atoms with Crippen LogP contribution in [-0.2, 0) is 19.1 Å². The number of imidazole rings is 2. The van der Waals surface area contributed by atoms with Crippen molar-refractivity contribution in [3.63, 3.8) is 0 Å². The number of benzene rings is 1. The van der Waals surface area contributed by atoms with Crippen LogP contribution in [0.4, 0.5) is 9.59 Å². The predicted molar refractivity (Wildman–Crippen MR) is 216 cm³/mol. The van der Waals surface area contributed by atoms with Crippen LogP contribution in [0.5, 0.6) is 0 Å². The number of aromatic nitrogens is 6. The maximum absolute atomic E-state index is 13.6. The number of H-pyrrole nitrogens is 2. The van der Waals surface area contributed by atoms with Crippen molar-refractivity contribution in [1.29, 1.82) is 0 Å². The van der Waals surface area contributed by atoms with Gasteiger partial charge in [-0.15, -0.1) is 0 Å². The number of methoxy groups -OCH3 is 2. The standard InChI is InChI=1S/C42H50N10O6/c1-23(2)34(48-41(55)57-5)39(53)51-17-7-9-32(51)37-45-22-31(47-37)26-13-11-25(12-14-26)29-16-15-27(20-43-29)28-19-30-36(44-21-28)50-38(46-30)33-10-8-18-52(33)40(54)35(24(3)4)49-42(56)58-6/h11-16,19-24,32-35H,7-10,17-18H2,1-6H3,(H,45,47)(H,48,55)(H,49,56)(H,44,46,50). The minimum atomic E-state index is -0.711. The van der Waals surface area contributed by atoms with E-state index in [1.165, 1.54) is 14.2 Å². The van der Waals surface area contributed by atoms with Crippen LogP contribution in [0.2, 0.25) is 0 Å². The number of amides is 4. The van der Waals surface area contributed by atoms with Gasteiger partial charge in [-0.2, -0.15) is 0 Å². The molecule has 0 saturated carbocycles.